The van der Waals surface area contributed by atoms with Crippen LogP contribution in [-0.4, -0.2) is 173 Å². The van der Waals surface area contributed by atoms with Crippen molar-refractivity contribution < 1.29 is 68.4 Å². The molecule has 398 valence electrons. The number of aliphatic hydroxyl groups excluding tert-OH is 1. The van der Waals surface area contributed by atoms with Gasteiger partial charge in [-0.1, -0.05) is 39.8 Å². The van der Waals surface area contributed by atoms with Crippen LogP contribution in [0.4, 0.5) is 0 Å². The molecule has 2 aromatic rings. The quantitative estimate of drug-likeness (QED) is 0.0381. The summed E-state index contributed by atoms with van der Waals surface area (Å²) >= 11 is 7.94. The maximum absolute atomic E-state index is 14.6. The summed E-state index contributed by atoms with van der Waals surface area (Å²) in [5, 5.41) is 57.0. The number of amides is 8. The van der Waals surface area contributed by atoms with Crippen molar-refractivity contribution in [2.45, 2.75) is 134 Å². The van der Waals surface area contributed by atoms with Gasteiger partial charge in [0.05, 0.1) is 24.9 Å². The zero-order chi connectivity index (χ0) is 54.0. The van der Waals surface area contributed by atoms with E-state index < -0.39 is 132 Å². The molecule has 0 unspecified atom stereocenters. The first-order chi connectivity index (χ1) is 33.9. The van der Waals surface area contributed by atoms with E-state index in [1.54, 1.807) is 27.7 Å². The van der Waals surface area contributed by atoms with E-state index in [2.05, 4.69) is 72.4 Å². The van der Waals surface area contributed by atoms with Crippen LogP contribution in [0, 0.1) is 11.8 Å². The Labute approximate surface area is 426 Å². The number of carbonyl (C=O) groups excluding carboxylic acids is 8. The van der Waals surface area contributed by atoms with Crippen LogP contribution in [0.5, 0.6) is 5.75 Å². The van der Waals surface area contributed by atoms with E-state index in [1.807, 2.05) is 0 Å². The van der Waals surface area contributed by atoms with Crippen LogP contribution in [0.15, 0.2) is 36.8 Å². The molecule has 1 aliphatic rings. The number of phenols is 1. The molecule has 10 atom stereocenters. The van der Waals surface area contributed by atoms with Crippen LogP contribution in [0.25, 0.3) is 0 Å². The van der Waals surface area contributed by atoms with Gasteiger partial charge in [-0.05, 0) is 55.7 Å². The summed E-state index contributed by atoms with van der Waals surface area (Å²) in [4.78, 5) is 142. The third-order valence-electron chi connectivity index (χ3n) is 11.4. The van der Waals surface area contributed by atoms with Gasteiger partial charge in [0.15, 0.2) is 0 Å². The first-order valence-corrected chi connectivity index (χ1v) is 24.4. The normalized spacial score (nSPS) is 17.2. The maximum Gasteiger partial charge on any atom is 0.327 e. The third kappa shape index (κ3) is 18.3. The van der Waals surface area contributed by atoms with Crippen LogP contribution in [0.1, 0.15) is 71.6 Å². The van der Waals surface area contributed by atoms with Crippen molar-refractivity contribution in [2.75, 3.05) is 18.1 Å². The van der Waals surface area contributed by atoms with Crippen molar-refractivity contribution in [2.24, 2.45) is 17.6 Å². The second kappa shape index (κ2) is 28.6. The SMILES string of the molecule is CC(C)C[C@H](NC(=O)[C@@H]1CCCN1C(=O)[C@H](Cc1ccc(O)cc1)NC(=O)[C@H](CC(=O)O)NC(=O)[C@H](Cc1cnc[nH]1)NC(=O)[C@@H](NC(=O)[C@@H](N)CS)[C@@H](C)O)C(=O)N[C@H](C(=O)N[C@@H](CS)C(=O)O)C(C)C. The van der Waals surface area contributed by atoms with Gasteiger partial charge in [0.2, 0.25) is 47.3 Å². The van der Waals surface area contributed by atoms with Crippen LogP contribution in [0.2, 0.25) is 0 Å². The Morgan fingerprint density at radius 3 is 1.83 bits per heavy atom. The van der Waals surface area contributed by atoms with Crippen molar-refractivity contribution in [1.82, 2.24) is 52.1 Å². The molecule has 25 nitrogen and oxygen atoms in total. The van der Waals surface area contributed by atoms with Crippen molar-refractivity contribution >= 4 is 84.5 Å². The summed E-state index contributed by atoms with van der Waals surface area (Å²) in [7, 11) is 0. The second-order valence-corrected chi connectivity index (χ2v) is 18.9. The van der Waals surface area contributed by atoms with Crippen LogP contribution in [0.3, 0.4) is 0 Å². The summed E-state index contributed by atoms with van der Waals surface area (Å²) in [5.41, 5.74) is 6.43. The highest BCUT2D eigenvalue weighted by atomic mass is 32.1. The first-order valence-electron chi connectivity index (χ1n) is 23.1. The number of nitrogens with two attached hydrogens (primary N) is 1. The number of nitrogens with one attached hydrogen (secondary N) is 8. The molecule has 3 rings (SSSR count). The average molecular weight is 1050 g/mol. The molecular formula is C45H67N11O14S2. The lowest BCUT2D eigenvalue weighted by Gasteiger charge is -2.31. The van der Waals surface area contributed by atoms with E-state index in [4.69, 9.17) is 5.73 Å². The number of rotatable bonds is 28. The molecule has 0 saturated carbocycles. The number of hydrogen-bond donors (Lipinski definition) is 15. The number of thiol groups is 2. The predicted octanol–water partition coefficient (Wildman–Crippen LogP) is -2.89. The van der Waals surface area contributed by atoms with Gasteiger partial charge in [-0.3, -0.25) is 43.2 Å². The highest BCUT2D eigenvalue weighted by molar-refractivity contribution is 7.80. The number of aliphatic hydroxyl groups is 1. The number of likely N-dealkylation sites (tertiary alicyclic amines) is 1. The number of nitrogens with zero attached hydrogens (tertiary/aromatic N) is 2. The van der Waals surface area contributed by atoms with E-state index in [0.717, 1.165) is 0 Å². The van der Waals surface area contributed by atoms with Gasteiger partial charge < -0.3 is 73.3 Å². The number of carboxylic acids is 2. The number of phenolic OH excluding ortho intramolecular Hbond substituents is 1. The van der Waals surface area contributed by atoms with E-state index in [0.29, 0.717) is 17.7 Å². The summed E-state index contributed by atoms with van der Waals surface area (Å²) in [6.07, 6.45) is 0.00623. The van der Waals surface area contributed by atoms with E-state index in [-0.39, 0.29) is 55.4 Å². The number of carbonyl (C=O) groups is 10. The zero-order valence-electron chi connectivity index (χ0n) is 40.5. The van der Waals surface area contributed by atoms with Gasteiger partial charge in [0.25, 0.3) is 0 Å². The average Bonchev–Trinajstić information content (AvgIpc) is 4.03. The number of H-pyrrole nitrogens is 1. The van der Waals surface area contributed by atoms with E-state index in [9.17, 15) is 68.4 Å². The maximum atomic E-state index is 14.6. The fourth-order valence-corrected chi connectivity index (χ4v) is 7.95. The van der Waals surface area contributed by atoms with Crippen molar-refractivity contribution in [3.8, 4) is 5.75 Å². The van der Waals surface area contributed by atoms with Gasteiger partial charge in [0.1, 0.15) is 54.1 Å². The second-order valence-electron chi connectivity index (χ2n) is 18.1. The Balaban J connectivity index is 1.93. The van der Waals surface area contributed by atoms with Gasteiger partial charge >= 0.3 is 11.9 Å². The molecule has 27 heteroatoms. The number of aliphatic carboxylic acids is 2. The number of benzene rings is 1. The molecule has 72 heavy (non-hydrogen) atoms. The predicted molar refractivity (Wildman–Crippen MR) is 264 cm³/mol. The monoisotopic (exact) mass is 1050 g/mol. The Kier molecular flexibility index (Phi) is 23.7. The molecule has 0 aliphatic carbocycles. The summed E-state index contributed by atoms with van der Waals surface area (Å²) in [5.74, 6) is -11.2. The topological polar surface area (TPSA) is 394 Å². The van der Waals surface area contributed by atoms with Crippen LogP contribution in [-0.2, 0) is 60.8 Å². The molecule has 1 fully saturated rings. The van der Waals surface area contributed by atoms with Gasteiger partial charge in [-0.2, -0.15) is 25.3 Å². The Bertz CT molecular complexity index is 2220. The molecule has 1 aromatic heterocycles. The molecular weight excluding hydrogens is 983 g/mol. The highest BCUT2D eigenvalue weighted by Crippen LogP contribution is 2.22. The van der Waals surface area contributed by atoms with Crippen molar-refractivity contribution in [3.63, 3.8) is 0 Å². The van der Waals surface area contributed by atoms with Gasteiger partial charge in [-0.15, -0.1) is 0 Å². The number of carboxylic acid groups (broad SMARTS) is 2. The van der Waals surface area contributed by atoms with Crippen molar-refractivity contribution in [1.29, 1.82) is 0 Å². The number of hydrogen-bond acceptors (Lipinski definition) is 16. The Morgan fingerprint density at radius 2 is 1.29 bits per heavy atom. The molecule has 1 aliphatic heterocycles. The molecule has 0 spiro atoms. The number of aromatic amines is 1. The van der Waals surface area contributed by atoms with Crippen molar-refractivity contribution in [3.05, 3.63) is 48.0 Å². The third-order valence-corrected chi connectivity index (χ3v) is 12.2. The zero-order valence-corrected chi connectivity index (χ0v) is 42.3. The number of imidazole rings is 1. The lowest BCUT2D eigenvalue weighted by atomic mass is 9.99. The number of aromatic nitrogens is 2. The Morgan fingerprint density at radius 1 is 0.722 bits per heavy atom. The molecule has 2 heterocycles. The molecule has 1 aromatic carbocycles. The van der Waals surface area contributed by atoms with Crippen LogP contribution >= 0.6 is 25.3 Å². The lowest BCUT2D eigenvalue weighted by Crippen LogP contribution is -2.62. The molecule has 8 amide bonds. The molecule has 14 N–H and O–H groups in total. The van der Waals surface area contributed by atoms with E-state index >= 15 is 0 Å². The fraction of sp³-hybridized carbons (Fsp3) is 0.578. The largest absolute Gasteiger partial charge is 0.508 e. The fourth-order valence-electron chi connectivity index (χ4n) is 7.54. The molecule has 1 saturated heterocycles. The first kappa shape index (κ1) is 59.9. The Hall–Kier alpha value is -6.45. The summed E-state index contributed by atoms with van der Waals surface area (Å²) in [6.45, 7) is 8.05. The summed E-state index contributed by atoms with van der Waals surface area (Å²) in [6, 6.07) is -7.20. The minimum atomic E-state index is -1.90. The minimum Gasteiger partial charge on any atom is -0.508 e. The minimum absolute atomic E-state index is 0.00411. The van der Waals surface area contributed by atoms with Gasteiger partial charge in [-0.25, -0.2) is 9.78 Å². The standard InChI is InChI=1S/C45H67N11O14S2/c1-21(2)13-28(40(64)54-35(22(3)4)42(66)53-32(19-72)45(69)70)50-41(65)33-7-6-12-56(33)44(68)31(14-24-8-10-26(58)11-9-24)52-39(63)30(16-34(59)60)49-38(62)29(15-25-17-47-20-48-25)51-43(67)36(23(5)57)55-37(61)27(46)18-71/h8-11,17,20-23,27-33,35-36,57-58,71-72H,6-7,12-16,18-19,46H2,1-5H3,(H,47,48)(H,49,62)(H,50,65)(H,51,67)(H,52,63)(H,53,66)(H,54,64)(H,55,61)(H,59,60)(H,69,70)/t23-,27+,28+,29+,30+,31+,32+,33+,35+,36+/m1/s1. The lowest BCUT2D eigenvalue weighted by molar-refractivity contribution is -0.144. The van der Waals surface area contributed by atoms with Gasteiger partial charge in [0, 0.05) is 42.8 Å². The smallest absolute Gasteiger partial charge is 0.327 e. The van der Waals surface area contributed by atoms with Crippen LogP contribution < -0.4 is 43.0 Å². The number of aromatic hydroxyl groups is 1. The highest BCUT2D eigenvalue weighted by Gasteiger charge is 2.41. The van der Waals surface area contributed by atoms with E-state index in [1.165, 1.54) is 48.6 Å². The molecule has 0 bridgehead atoms. The summed E-state index contributed by atoms with van der Waals surface area (Å²) < 4.78 is 0. The molecule has 0 radical (unpaired) electrons.